The average molecular weight is 241 g/mol. The van der Waals surface area contributed by atoms with Crippen LogP contribution in [0.15, 0.2) is 35.4 Å². The summed E-state index contributed by atoms with van der Waals surface area (Å²) in [5.74, 6) is 0. The van der Waals surface area contributed by atoms with Crippen LogP contribution in [0.25, 0.3) is 0 Å². The molecular formula is C10H9ClN2OS. The third-order valence-electron chi connectivity index (χ3n) is 1.97. The van der Waals surface area contributed by atoms with E-state index in [1.54, 1.807) is 12.4 Å². The fourth-order valence-electron chi connectivity index (χ4n) is 1.26. The van der Waals surface area contributed by atoms with Crippen molar-refractivity contribution in [2.75, 3.05) is 5.73 Å². The molecule has 78 valence electrons. The zero-order valence-corrected chi connectivity index (χ0v) is 9.39. The molecule has 15 heavy (non-hydrogen) atoms. The van der Waals surface area contributed by atoms with E-state index in [4.69, 9.17) is 17.3 Å². The van der Waals surface area contributed by atoms with E-state index < -0.39 is 0 Å². The minimum absolute atomic E-state index is 0.143. The summed E-state index contributed by atoms with van der Waals surface area (Å²) in [5.41, 5.74) is 5.64. The van der Waals surface area contributed by atoms with Crippen LogP contribution in [-0.2, 0) is 6.54 Å². The summed E-state index contributed by atoms with van der Waals surface area (Å²) in [6.45, 7) is 0.682. The van der Waals surface area contributed by atoms with Crippen molar-refractivity contribution in [2.45, 2.75) is 6.54 Å². The number of hydrogen-bond donors (Lipinski definition) is 1. The lowest BCUT2D eigenvalue weighted by atomic mass is 10.4. The quantitative estimate of drug-likeness (QED) is 0.875. The molecule has 0 bridgehead atoms. The van der Waals surface area contributed by atoms with Crippen LogP contribution in [0, 0.1) is 0 Å². The van der Waals surface area contributed by atoms with Crippen LogP contribution in [0.1, 0.15) is 4.88 Å². The number of aromatic nitrogens is 1. The van der Waals surface area contributed by atoms with Gasteiger partial charge in [-0.2, -0.15) is 0 Å². The van der Waals surface area contributed by atoms with Crippen LogP contribution in [-0.4, -0.2) is 4.57 Å². The molecule has 0 amide bonds. The molecule has 0 spiro atoms. The number of thiophene rings is 1. The van der Waals surface area contributed by atoms with E-state index in [2.05, 4.69) is 0 Å². The van der Waals surface area contributed by atoms with Crippen molar-refractivity contribution in [3.63, 3.8) is 0 Å². The molecule has 2 N–H and O–H groups in total. The van der Waals surface area contributed by atoms with Crippen LogP contribution in [0.5, 0.6) is 0 Å². The Labute approximate surface area is 95.7 Å². The maximum Gasteiger partial charge on any atom is 0.204 e. The van der Waals surface area contributed by atoms with Gasteiger partial charge in [0.15, 0.2) is 0 Å². The SMILES string of the molecule is Nc1cn(Cc2ccc(Cl)s2)ccc1=O. The summed E-state index contributed by atoms with van der Waals surface area (Å²) >= 11 is 7.34. The highest BCUT2D eigenvalue weighted by Gasteiger charge is 1.99. The number of nitrogen functional groups attached to an aromatic ring is 1. The van der Waals surface area contributed by atoms with Crippen LogP contribution in [0.4, 0.5) is 5.69 Å². The monoisotopic (exact) mass is 240 g/mol. The van der Waals surface area contributed by atoms with Crippen LogP contribution >= 0.6 is 22.9 Å². The molecule has 2 aromatic rings. The molecular weight excluding hydrogens is 232 g/mol. The van der Waals surface area contributed by atoms with Gasteiger partial charge >= 0.3 is 0 Å². The second kappa shape index (κ2) is 4.08. The van der Waals surface area contributed by atoms with E-state index in [1.165, 1.54) is 17.4 Å². The van der Waals surface area contributed by atoms with Crippen molar-refractivity contribution in [1.82, 2.24) is 4.57 Å². The predicted octanol–water partition coefficient (Wildman–Crippen LogP) is 2.19. The van der Waals surface area contributed by atoms with E-state index in [-0.39, 0.29) is 11.1 Å². The summed E-state index contributed by atoms with van der Waals surface area (Å²) in [4.78, 5) is 12.2. The third-order valence-corrected chi connectivity index (χ3v) is 3.19. The van der Waals surface area contributed by atoms with E-state index >= 15 is 0 Å². The molecule has 0 unspecified atom stereocenters. The molecule has 0 aliphatic heterocycles. The Morgan fingerprint density at radius 2 is 2.20 bits per heavy atom. The van der Waals surface area contributed by atoms with Gasteiger partial charge in [0.05, 0.1) is 16.6 Å². The molecule has 0 fully saturated rings. The molecule has 0 atom stereocenters. The van der Waals surface area contributed by atoms with Gasteiger partial charge in [-0.15, -0.1) is 11.3 Å². The van der Waals surface area contributed by atoms with Gasteiger partial charge in [-0.05, 0) is 12.1 Å². The Kier molecular flexibility index (Phi) is 2.79. The number of nitrogens with two attached hydrogens (primary N) is 1. The molecule has 2 rings (SSSR count). The zero-order chi connectivity index (χ0) is 10.8. The smallest absolute Gasteiger partial charge is 0.204 e. The normalized spacial score (nSPS) is 10.5. The number of pyridine rings is 1. The van der Waals surface area contributed by atoms with E-state index in [0.29, 0.717) is 6.54 Å². The molecule has 5 heteroatoms. The van der Waals surface area contributed by atoms with Gasteiger partial charge in [0.2, 0.25) is 5.43 Å². The average Bonchev–Trinajstić information content (AvgIpc) is 2.58. The van der Waals surface area contributed by atoms with Crippen LogP contribution in [0.2, 0.25) is 4.34 Å². The third kappa shape index (κ3) is 2.40. The Balaban J connectivity index is 2.25. The molecule has 3 nitrogen and oxygen atoms in total. The minimum atomic E-state index is -0.143. The maximum atomic E-state index is 11.1. The molecule has 0 aromatic carbocycles. The fraction of sp³-hybridized carbons (Fsp3) is 0.100. The number of hydrogen-bond acceptors (Lipinski definition) is 3. The highest BCUT2D eigenvalue weighted by molar-refractivity contribution is 7.16. The first kappa shape index (κ1) is 10.3. The molecule has 2 heterocycles. The molecule has 0 saturated heterocycles. The molecule has 2 aromatic heterocycles. The second-order valence-corrected chi connectivity index (χ2v) is 4.94. The van der Waals surface area contributed by atoms with E-state index in [1.807, 2.05) is 16.7 Å². The fourth-order valence-corrected chi connectivity index (χ4v) is 2.36. The van der Waals surface area contributed by atoms with Gasteiger partial charge in [-0.1, -0.05) is 11.6 Å². The molecule has 0 radical (unpaired) electrons. The van der Waals surface area contributed by atoms with Gasteiger partial charge in [0.1, 0.15) is 0 Å². The summed E-state index contributed by atoms with van der Waals surface area (Å²) in [6, 6.07) is 5.28. The van der Waals surface area contributed by atoms with Gasteiger partial charge < -0.3 is 10.3 Å². The first-order valence-electron chi connectivity index (χ1n) is 4.35. The van der Waals surface area contributed by atoms with Gasteiger partial charge in [-0.3, -0.25) is 4.79 Å². The number of anilines is 1. The predicted molar refractivity (Wildman–Crippen MR) is 63.5 cm³/mol. The first-order chi connectivity index (χ1) is 7.15. The van der Waals surface area contributed by atoms with E-state index in [0.717, 1.165) is 9.21 Å². The maximum absolute atomic E-state index is 11.1. The standard InChI is InChI=1S/C10H9ClN2OS/c11-10-2-1-7(15-10)5-13-4-3-9(14)8(12)6-13/h1-4,6H,5,12H2. The Morgan fingerprint density at radius 3 is 2.80 bits per heavy atom. The number of nitrogens with zero attached hydrogens (tertiary/aromatic N) is 1. The van der Waals surface area contributed by atoms with Crippen LogP contribution < -0.4 is 11.2 Å². The first-order valence-corrected chi connectivity index (χ1v) is 5.54. The Morgan fingerprint density at radius 1 is 1.40 bits per heavy atom. The van der Waals surface area contributed by atoms with Gasteiger partial charge in [0.25, 0.3) is 0 Å². The molecule has 0 aliphatic carbocycles. The Hall–Kier alpha value is -1.26. The highest BCUT2D eigenvalue weighted by Crippen LogP contribution is 2.22. The van der Waals surface area contributed by atoms with Crippen molar-refractivity contribution >= 4 is 28.6 Å². The van der Waals surface area contributed by atoms with Crippen molar-refractivity contribution in [3.05, 3.63) is 50.0 Å². The summed E-state index contributed by atoms with van der Waals surface area (Å²) in [6.07, 6.45) is 3.35. The summed E-state index contributed by atoms with van der Waals surface area (Å²) in [7, 11) is 0. The second-order valence-electron chi connectivity index (χ2n) is 3.14. The summed E-state index contributed by atoms with van der Waals surface area (Å²) in [5, 5.41) is 0. The topological polar surface area (TPSA) is 48.0 Å². The lowest BCUT2D eigenvalue weighted by molar-refractivity contribution is 0.803. The number of rotatable bonds is 2. The van der Waals surface area contributed by atoms with Crippen LogP contribution in [0.3, 0.4) is 0 Å². The van der Waals surface area contributed by atoms with Crippen molar-refractivity contribution in [2.24, 2.45) is 0 Å². The zero-order valence-electron chi connectivity index (χ0n) is 7.81. The van der Waals surface area contributed by atoms with Crippen molar-refractivity contribution in [3.8, 4) is 0 Å². The molecule has 0 saturated carbocycles. The minimum Gasteiger partial charge on any atom is -0.394 e. The molecule has 0 aliphatic rings. The largest absolute Gasteiger partial charge is 0.394 e. The van der Waals surface area contributed by atoms with Crippen molar-refractivity contribution < 1.29 is 0 Å². The lowest BCUT2D eigenvalue weighted by Gasteiger charge is -2.04. The Bertz CT molecular complexity index is 532. The number of halogens is 1. The van der Waals surface area contributed by atoms with Crippen molar-refractivity contribution in [1.29, 1.82) is 0 Å². The summed E-state index contributed by atoms with van der Waals surface area (Å²) < 4.78 is 2.62. The van der Waals surface area contributed by atoms with E-state index in [9.17, 15) is 4.79 Å². The van der Waals surface area contributed by atoms with Gasteiger partial charge in [-0.25, -0.2) is 0 Å². The lowest BCUT2D eigenvalue weighted by Crippen LogP contribution is -2.10. The highest BCUT2D eigenvalue weighted by atomic mass is 35.5. The van der Waals surface area contributed by atoms with Gasteiger partial charge in [0, 0.05) is 23.3 Å².